The first-order valence-electron chi connectivity index (χ1n) is 11.5. The van der Waals surface area contributed by atoms with E-state index >= 15 is 0 Å². The summed E-state index contributed by atoms with van der Waals surface area (Å²) in [5.41, 5.74) is 1.13. The van der Waals surface area contributed by atoms with Crippen molar-refractivity contribution in [2.24, 2.45) is 0 Å². The first-order chi connectivity index (χ1) is 16.3. The number of hydrogen-bond donors (Lipinski definition) is 1. The van der Waals surface area contributed by atoms with Gasteiger partial charge in [0.15, 0.2) is 0 Å². The lowest BCUT2D eigenvalue weighted by atomic mass is 10.1. The Kier molecular flexibility index (Phi) is 8.44. The number of fused-ring (bicyclic) bond motifs is 1. The van der Waals surface area contributed by atoms with E-state index in [1.807, 2.05) is 37.3 Å². The third kappa shape index (κ3) is 5.64. The summed E-state index contributed by atoms with van der Waals surface area (Å²) in [7, 11) is -3.99. The van der Waals surface area contributed by atoms with Crippen molar-refractivity contribution in [1.29, 1.82) is 0 Å². The lowest BCUT2D eigenvalue weighted by molar-refractivity contribution is -0.139. The van der Waals surface area contributed by atoms with Crippen LogP contribution in [0.5, 0.6) is 0 Å². The van der Waals surface area contributed by atoms with Crippen LogP contribution in [0.2, 0.25) is 0 Å². The minimum Gasteiger partial charge on any atom is -0.354 e. The van der Waals surface area contributed by atoms with Crippen molar-refractivity contribution in [3.8, 4) is 0 Å². The molecule has 8 nitrogen and oxygen atoms in total. The predicted octanol–water partition coefficient (Wildman–Crippen LogP) is 2.60. The molecule has 1 atom stereocenters. The quantitative estimate of drug-likeness (QED) is 0.493. The third-order valence-electron chi connectivity index (χ3n) is 5.92. The molecule has 1 aliphatic heterocycles. The van der Waals surface area contributed by atoms with Gasteiger partial charge in [0.2, 0.25) is 11.8 Å². The molecule has 2 aromatic rings. The number of unbranched alkanes of at least 4 members (excludes halogenated alkanes) is 1. The SMILES string of the molecule is CCCCNC(=O)[C@H](C)N(CCc1ccccc1)C(=O)CCN1C(=O)c2ccccc2S1(=O)=O. The van der Waals surface area contributed by atoms with Crippen molar-refractivity contribution < 1.29 is 22.8 Å². The topological polar surface area (TPSA) is 104 Å². The van der Waals surface area contributed by atoms with Gasteiger partial charge in [-0.1, -0.05) is 55.8 Å². The predicted molar refractivity (Wildman–Crippen MR) is 129 cm³/mol. The number of sulfonamides is 1. The number of carbonyl (C=O) groups excluding carboxylic acids is 3. The van der Waals surface area contributed by atoms with Gasteiger partial charge in [0.1, 0.15) is 10.9 Å². The highest BCUT2D eigenvalue weighted by Crippen LogP contribution is 2.30. The van der Waals surface area contributed by atoms with Crippen LogP contribution < -0.4 is 5.32 Å². The van der Waals surface area contributed by atoms with E-state index < -0.39 is 22.0 Å². The maximum atomic E-state index is 13.2. The first kappa shape index (κ1) is 25.4. The van der Waals surface area contributed by atoms with Crippen LogP contribution in [0.4, 0.5) is 0 Å². The van der Waals surface area contributed by atoms with Gasteiger partial charge in [0, 0.05) is 26.1 Å². The number of hydrogen-bond acceptors (Lipinski definition) is 5. The Morgan fingerprint density at radius 1 is 1.06 bits per heavy atom. The molecule has 0 saturated heterocycles. The Labute approximate surface area is 201 Å². The zero-order valence-electron chi connectivity index (χ0n) is 19.6. The van der Waals surface area contributed by atoms with Crippen molar-refractivity contribution in [3.05, 3.63) is 65.7 Å². The molecule has 0 aromatic heterocycles. The summed E-state index contributed by atoms with van der Waals surface area (Å²) >= 11 is 0. The molecule has 0 bridgehead atoms. The fourth-order valence-corrected chi connectivity index (χ4v) is 5.47. The molecule has 0 fully saturated rings. The van der Waals surface area contributed by atoms with Gasteiger partial charge in [0.25, 0.3) is 15.9 Å². The van der Waals surface area contributed by atoms with E-state index in [1.54, 1.807) is 19.1 Å². The van der Waals surface area contributed by atoms with Crippen LogP contribution in [-0.4, -0.2) is 61.0 Å². The van der Waals surface area contributed by atoms with Gasteiger partial charge in [-0.2, -0.15) is 0 Å². The molecule has 1 aliphatic rings. The summed E-state index contributed by atoms with van der Waals surface area (Å²) in [6.07, 6.45) is 2.11. The van der Waals surface area contributed by atoms with E-state index in [9.17, 15) is 22.8 Å². The van der Waals surface area contributed by atoms with Crippen molar-refractivity contribution in [1.82, 2.24) is 14.5 Å². The fourth-order valence-electron chi connectivity index (χ4n) is 3.90. The molecule has 0 saturated carbocycles. The van der Waals surface area contributed by atoms with E-state index in [-0.39, 0.29) is 35.2 Å². The van der Waals surface area contributed by atoms with Crippen molar-refractivity contribution in [2.75, 3.05) is 19.6 Å². The smallest absolute Gasteiger partial charge is 0.269 e. The van der Waals surface area contributed by atoms with E-state index in [4.69, 9.17) is 0 Å². The molecule has 3 amide bonds. The summed E-state index contributed by atoms with van der Waals surface area (Å²) in [4.78, 5) is 39.9. The third-order valence-corrected chi connectivity index (χ3v) is 7.76. The van der Waals surface area contributed by atoms with Gasteiger partial charge in [-0.3, -0.25) is 14.4 Å². The van der Waals surface area contributed by atoms with Crippen LogP contribution in [-0.2, 0) is 26.0 Å². The second-order valence-corrected chi connectivity index (χ2v) is 10.1. The highest BCUT2D eigenvalue weighted by Gasteiger charge is 2.41. The molecule has 1 heterocycles. The van der Waals surface area contributed by atoms with Gasteiger partial charge in [0.05, 0.1) is 5.56 Å². The summed E-state index contributed by atoms with van der Waals surface area (Å²) < 4.78 is 26.3. The average molecular weight is 486 g/mol. The minimum absolute atomic E-state index is 0.0444. The summed E-state index contributed by atoms with van der Waals surface area (Å²) in [6, 6.07) is 14.9. The molecule has 9 heteroatoms. The lowest BCUT2D eigenvalue weighted by Crippen LogP contribution is -2.49. The molecule has 0 spiro atoms. The highest BCUT2D eigenvalue weighted by molar-refractivity contribution is 7.90. The summed E-state index contributed by atoms with van der Waals surface area (Å²) in [5.74, 6) is -1.27. The van der Waals surface area contributed by atoms with Gasteiger partial charge in [-0.15, -0.1) is 0 Å². The number of amides is 3. The molecule has 182 valence electrons. The van der Waals surface area contributed by atoms with Gasteiger partial charge in [-0.25, -0.2) is 12.7 Å². The molecule has 3 rings (SSSR count). The fraction of sp³-hybridized carbons (Fsp3) is 0.400. The highest BCUT2D eigenvalue weighted by atomic mass is 32.2. The van der Waals surface area contributed by atoms with Crippen LogP contribution in [0, 0.1) is 0 Å². The number of benzene rings is 2. The Morgan fingerprint density at radius 2 is 1.74 bits per heavy atom. The van der Waals surface area contributed by atoms with Crippen LogP contribution in [0.1, 0.15) is 49.0 Å². The Hall–Kier alpha value is -3.20. The summed E-state index contributed by atoms with van der Waals surface area (Å²) in [5, 5.41) is 2.85. The Morgan fingerprint density at radius 3 is 2.41 bits per heavy atom. The first-order valence-corrected chi connectivity index (χ1v) is 13.0. The number of nitrogens with one attached hydrogen (secondary N) is 1. The molecular weight excluding hydrogens is 454 g/mol. The number of nitrogens with zero attached hydrogens (tertiary/aromatic N) is 2. The zero-order chi connectivity index (χ0) is 24.7. The summed E-state index contributed by atoms with van der Waals surface area (Å²) in [6.45, 7) is 4.24. The second kappa shape index (κ2) is 11.3. The maximum absolute atomic E-state index is 13.2. The monoisotopic (exact) mass is 485 g/mol. The van der Waals surface area contributed by atoms with E-state index in [2.05, 4.69) is 5.32 Å². The Balaban J connectivity index is 1.71. The molecule has 34 heavy (non-hydrogen) atoms. The molecule has 0 radical (unpaired) electrons. The van der Waals surface area contributed by atoms with Crippen molar-refractivity contribution in [2.45, 2.75) is 50.5 Å². The lowest BCUT2D eigenvalue weighted by Gasteiger charge is -2.29. The van der Waals surface area contributed by atoms with Crippen LogP contribution in [0.25, 0.3) is 0 Å². The molecule has 0 aliphatic carbocycles. The van der Waals surface area contributed by atoms with Gasteiger partial charge < -0.3 is 10.2 Å². The second-order valence-electron chi connectivity index (χ2n) is 8.27. The van der Waals surface area contributed by atoms with E-state index in [0.29, 0.717) is 19.5 Å². The average Bonchev–Trinajstić information content (AvgIpc) is 3.03. The van der Waals surface area contributed by atoms with E-state index in [0.717, 1.165) is 22.7 Å². The standard InChI is InChI=1S/C25H31N3O5S/c1-3-4-16-26-24(30)19(2)27(17-14-20-10-6-5-7-11-20)23(29)15-18-28-25(31)21-12-8-9-13-22(21)34(28,32)33/h5-13,19H,3-4,14-18H2,1-2H3,(H,26,30)/t19-/m0/s1. The normalized spacial score (nSPS) is 15.0. The van der Waals surface area contributed by atoms with Crippen molar-refractivity contribution >= 4 is 27.7 Å². The molecule has 0 unspecified atom stereocenters. The number of rotatable bonds is 11. The van der Waals surface area contributed by atoms with Crippen molar-refractivity contribution in [3.63, 3.8) is 0 Å². The molecular formula is C25H31N3O5S. The zero-order valence-corrected chi connectivity index (χ0v) is 20.4. The largest absolute Gasteiger partial charge is 0.354 e. The molecule has 2 aromatic carbocycles. The molecule has 1 N–H and O–H groups in total. The van der Waals surface area contributed by atoms with Crippen LogP contribution in [0.15, 0.2) is 59.5 Å². The van der Waals surface area contributed by atoms with Crippen LogP contribution in [0.3, 0.4) is 0 Å². The maximum Gasteiger partial charge on any atom is 0.269 e. The Bertz CT molecular complexity index is 1130. The van der Waals surface area contributed by atoms with E-state index in [1.165, 1.54) is 17.0 Å². The van der Waals surface area contributed by atoms with Gasteiger partial charge in [-0.05, 0) is 37.5 Å². The van der Waals surface area contributed by atoms with Crippen LogP contribution >= 0.6 is 0 Å². The number of carbonyl (C=O) groups is 3. The minimum atomic E-state index is -3.99. The van der Waals surface area contributed by atoms with Gasteiger partial charge >= 0.3 is 0 Å².